The van der Waals surface area contributed by atoms with E-state index < -0.39 is 0 Å². The average molecular weight is 179 g/mol. The normalized spacial score (nSPS) is 16.4. The second-order valence-electron chi connectivity index (χ2n) is 2.30. The van der Waals surface area contributed by atoms with Crippen molar-refractivity contribution in [1.29, 1.82) is 0 Å². The van der Waals surface area contributed by atoms with Crippen molar-refractivity contribution in [3.05, 3.63) is 0 Å². The van der Waals surface area contributed by atoms with Gasteiger partial charge in [-0.25, -0.2) is 0 Å². The molecule has 0 rings (SSSR count). The van der Waals surface area contributed by atoms with E-state index >= 15 is 0 Å². The van der Waals surface area contributed by atoms with Gasteiger partial charge in [-0.2, -0.15) is 11.8 Å². The van der Waals surface area contributed by atoms with Crippen LogP contribution in [-0.4, -0.2) is 42.5 Å². The van der Waals surface area contributed by atoms with Gasteiger partial charge >= 0.3 is 0 Å². The van der Waals surface area contributed by atoms with E-state index in [-0.39, 0.29) is 17.9 Å². The van der Waals surface area contributed by atoms with Gasteiger partial charge in [-0.05, 0) is 5.75 Å². The van der Waals surface area contributed by atoms with Gasteiger partial charge < -0.3 is 15.6 Å². The van der Waals surface area contributed by atoms with Gasteiger partial charge in [0.1, 0.15) is 0 Å². The first kappa shape index (κ1) is 11.2. The smallest absolute Gasteiger partial charge is 0.0625 e. The van der Waals surface area contributed by atoms with Crippen LogP contribution in [0, 0.1) is 0 Å². The van der Waals surface area contributed by atoms with Crippen LogP contribution in [0.4, 0.5) is 0 Å². The van der Waals surface area contributed by atoms with Gasteiger partial charge in [0.2, 0.25) is 0 Å². The lowest BCUT2D eigenvalue weighted by Gasteiger charge is -2.19. The fourth-order valence-electron chi connectivity index (χ4n) is 0.826. The Morgan fingerprint density at radius 1 is 1.64 bits per heavy atom. The lowest BCUT2D eigenvalue weighted by molar-refractivity contribution is 0.167. The molecule has 11 heavy (non-hydrogen) atoms. The molecule has 0 aromatic carbocycles. The maximum atomic E-state index is 8.90. The molecule has 0 saturated carbocycles. The van der Waals surface area contributed by atoms with E-state index in [9.17, 15) is 0 Å². The van der Waals surface area contributed by atoms with Crippen LogP contribution in [0.5, 0.6) is 0 Å². The zero-order valence-electron chi connectivity index (χ0n) is 7.12. The summed E-state index contributed by atoms with van der Waals surface area (Å²) < 4.78 is 4.88. The molecule has 0 bridgehead atoms. The number of nitrogens with two attached hydrogens (primary N) is 1. The summed E-state index contributed by atoms with van der Waals surface area (Å²) in [5.74, 6) is 0.975. The molecule has 0 spiro atoms. The van der Waals surface area contributed by atoms with E-state index in [1.807, 2.05) is 6.92 Å². The van der Waals surface area contributed by atoms with E-state index in [2.05, 4.69) is 0 Å². The molecule has 0 amide bonds. The third-order valence-corrected chi connectivity index (χ3v) is 2.66. The molecule has 0 fully saturated rings. The largest absolute Gasteiger partial charge is 0.395 e. The number of aliphatic hydroxyl groups excluding tert-OH is 1. The summed E-state index contributed by atoms with van der Waals surface area (Å²) in [4.78, 5) is 0. The fraction of sp³-hybridized carbons (Fsp3) is 1.00. The van der Waals surface area contributed by atoms with Gasteiger partial charge in [-0.3, -0.25) is 0 Å². The Balaban J connectivity index is 3.61. The summed E-state index contributed by atoms with van der Waals surface area (Å²) in [5, 5.41) is 9.01. The molecule has 0 aromatic rings. The topological polar surface area (TPSA) is 55.5 Å². The highest BCUT2D eigenvalue weighted by Crippen LogP contribution is 2.12. The predicted octanol–water partition coefficient (Wildman–Crippen LogP) is 0.0741. The lowest BCUT2D eigenvalue weighted by atomic mass is 10.2. The molecule has 2 atom stereocenters. The summed E-state index contributed by atoms with van der Waals surface area (Å²) in [7, 11) is 1.62. The Morgan fingerprint density at radius 3 is 2.64 bits per heavy atom. The molecule has 2 unspecified atom stereocenters. The average Bonchev–Trinajstić information content (AvgIpc) is 2.00. The fourth-order valence-corrected chi connectivity index (χ4v) is 1.68. The minimum Gasteiger partial charge on any atom is -0.395 e. The van der Waals surface area contributed by atoms with Gasteiger partial charge in [-0.15, -0.1) is 0 Å². The number of thioether (sulfide) groups is 1. The van der Waals surface area contributed by atoms with E-state index in [0.29, 0.717) is 6.61 Å². The Morgan fingerprint density at radius 2 is 2.27 bits per heavy atom. The summed E-state index contributed by atoms with van der Waals surface area (Å²) in [6, 6.07) is -0.0602. The van der Waals surface area contributed by atoms with Gasteiger partial charge in [-0.1, -0.05) is 6.92 Å². The van der Waals surface area contributed by atoms with Crippen LogP contribution in [-0.2, 0) is 4.74 Å². The first-order valence-electron chi connectivity index (χ1n) is 3.73. The number of rotatable bonds is 6. The standard InChI is InChI=1S/C7H17NO2S/c1-3-11-7(4-9)6(8)5-10-2/h6-7,9H,3-5,8H2,1-2H3. The Kier molecular flexibility index (Phi) is 7.06. The van der Waals surface area contributed by atoms with Crippen LogP contribution in [0.15, 0.2) is 0 Å². The van der Waals surface area contributed by atoms with Crippen molar-refractivity contribution < 1.29 is 9.84 Å². The summed E-state index contributed by atoms with van der Waals surface area (Å²) >= 11 is 1.67. The number of hydrogen-bond acceptors (Lipinski definition) is 4. The SMILES string of the molecule is CCSC(CO)C(N)COC. The number of methoxy groups -OCH3 is 1. The highest BCUT2D eigenvalue weighted by molar-refractivity contribution is 7.99. The molecular formula is C7H17NO2S. The molecule has 3 N–H and O–H groups in total. The second kappa shape index (κ2) is 6.91. The Bertz CT molecular complexity index is 92.5. The molecule has 0 saturated heterocycles. The maximum Gasteiger partial charge on any atom is 0.0625 e. The summed E-state index contributed by atoms with van der Waals surface area (Å²) in [5.41, 5.74) is 5.72. The molecule has 3 nitrogen and oxygen atoms in total. The molecule has 0 aromatic heterocycles. The molecule has 0 heterocycles. The van der Waals surface area contributed by atoms with Crippen molar-refractivity contribution in [2.75, 3.05) is 26.1 Å². The van der Waals surface area contributed by atoms with Gasteiger partial charge in [0, 0.05) is 18.4 Å². The van der Waals surface area contributed by atoms with E-state index in [0.717, 1.165) is 5.75 Å². The van der Waals surface area contributed by atoms with Crippen molar-refractivity contribution in [2.45, 2.75) is 18.2 Å². The van der Waals surface area contributed by atoms with Crippen LogP contribution in [0.25, 0.3) is 0 Å². The molecule has 0 aliphatic heterocycles. The summed E-state index contributed by atoms with van der Waals surface area (Å²) in [6.07, 6.45) is 0. The van der Waals surface area contributed by atoms with E-state index in [1.165, 1.54) is 0 Å². The van der Waals surface area contributed by atoms with Crippen molar-refractivity contribution in [2.24, 2.45) is 5.73 Å². The molecular weight excluding hydrogens is 162 g/mol. The lowest BCUT2D eigenvalue weighted by Crippen LogP contribution is -2.38. The van der Waals surface area contributed by atoms with E-state index in [4.69, 9.17) is 15.6 Å². The first-order chi connectivity index (χ1) is 5.26. The molecule has 0 aliphatic rings. The number of hydrogen-bond donors (Lipinski definition) is 2. The monoisotopic (exact) mass is 179 g/mol. The zero-order chi connectivity index (χ0) is 8.69. The number of ether oxygens (including phenoxy) is 1. The Labute approximate surface area is 72.3 Å². The van der Waals surface area contributed by atoms with Crippen molar-refractivity contribution in [1.82, 2.24) is 0 Å². The van der Waals surface area contributed by atoms with Crippen LogP contribution in [0.2, 0.25) is 0 Å². The van der Waals surface area contributed by atoms with Crippen molar-refractivity contribution in [3.63, 3.8) is 0 Å². The van der Waals surface area contributed by atoms with Crippen molar-refractivity contribution in [3.8, 4) is 0 Å². The first-order valence-corrected chi connectivity index (χ1v) is 4.78. The van der Waals surface area contributed by atoms with Crippen LogP contribution >= 0.6 is 11.8 Å². The molecule has 0 aliphatic carbocycles. The second-order valence-corrected chi connectivity index (χ2v) is 3.81. The molecule has 68 valence electrons. The van der Waals surface area contributed by atoms with Crippen molar-refractivity contribution >= 4 is 11.8 Å². The third-order valence-electron chi connectivity index (χ3n) is 1.40. The predicted molar refractivity (Wildman–Crippen MR) is 48.9 cm³/mol. The van der Waals surface area contributed by atoms with Crippen LogP contribution < -0.4 is 5.73 Å². The van der Waals surface area contributed by atoms with Crippen LogP contribution in [0.3, 0.4) is 0 Å². The third kappa shape index (κ3) is 4.63. The molecule has 0 radical (unpaired) electrons. The van der Waals surface area contributed by atoms with Gasteiger partial charge in [0.05, 0.1) is 13.2 Å². The molecule has 4 heteroatoms. The summed E-state index contributed by atoms with van der Waals surface area (Å²) in [6.45, 7) is 2.69. The highest BCUT2D eigenvalue weighted by atomic mass is 32.2. The van der Waals surface area contributed by atoms with Gasteiger partial charge in [0.25, 0.3) is 0 Å². The zero-order valence-corrected chi connectivity index (χ0v) is 7.93. The van der Waals surface area contributed by atoms with Gasteiger partial charge in [0.15, 0.2) is 0 Å². The quantitative estimate of drug-likeness (QED) is 0.606. The number of aliphatic hydroxyl groups is 1. The van der Waals surface area contributed by atoms with E-state index in [1.54, 1.807) is 18.9 Å². The minimum atomic E-state index is -0.0602. The minimum absolute atomic E-state index is 0.0602. The maximum absolute atomic E-state index is 8.90. The van der Waals surface area contributed by atoms with Crippen LogP contribution in [0.1, 0.15) is 6.92 Å². The highest BCUT2D eigenvalue weighted by Gasteiger charge is 2.15. The Hall–Kier alpha value is 0.230.